The molecule has 1 aliphatic carbocycles. The van der Waals surface area contributed by atoms with Gasteiger partial charge in [-0.2, -0.15) is 5.10 Å². The fourth-order valence-electron chi connectivity index (χ4n) is 3.01. The Morgan fingerprint density at radius 1 is 1.29 bits per heavy atom. The minimum atomic E-state index is 0.135. The molecule has 1 heterocycles. The summed E-state index contributed by atoms with van der Waals surface area (Å²) in [5.74, 6) is 0.455. The average molecular weight is 282 g/mol. The molecule has 0 amide bonds. The van der Waals surface area contributed by atoms with E-state index < -0.39 is 0 Å². The maximum atomic E-state index is 12.5. The Hall–Kier alpha value is -1.90. The number of Topliss-reactive ketones (excluding diaryl/α,β-unsaturated/α-hetero) is 1. The van der Waals surface area contributed by atoms with Gasteiger partial charge in [-0.1, -0.05) is 31.2 Å². The molecule has 3 heteroatoms. The number of hydrogen-bond donors (Lipinski definition) is 0. The van der Waals surface area contributed by atoms with Crippen molar-refractivity contribution in [3.8, 4) is 0 Å². The number of carbonyl (C=O) groups is 1. The first kappa shape index (κ1) is 14.1. The Balaban J connectivity index is 1.64. The lowest BCUT2D eigenvalue weighted by Gasteiger charge is -2.09. The van der Waals surface area contributed by atoms with Crippen LogP contribution in [0.1, 0.15) is 43.1 Å². The Morgan fingerprint density at radius 2 is 1.95 bits per heavy atom. The van der Waals surface area contributed by atoms with Crippen LogP contribution in [0.5, 0.6) is 0 Å². The molecule has 0 spiro atoms. The highest BCUT2D eigenvalue weighted by Crippen LogP contribution is 2.27. The highest BCUT2D eigenvalue weighted by Gasteiger charge is 2.27. The van der Waals surface area contributed by atoms with E-state index in [0.717, 1.165) is 25.0 Å². The Bertz CT molecular complexity index is 619. The third-order valence-electron chi connectivity index (χ3n) is 4.57. The molecule has 0 bridgehead atoms. The van der Waals surface area contributed by atoms with Gasteiger partial charge in [0, 0.05) is 18.2 Å². The summed E-state index contributed by atoms with van der Waals surface area (Å²) >= 11 is 0. The third-order valence-corrected chi connectivity index (χ3v) is 4.57. The van der Waals surface area contributed by atoms with Crippen LogP contribution in [-0.4, -0.2) is 15.6 Å². The van der Waals surface area contributed by atoms with Crippen LogP contribution in [0.2, 0.25) is 0 Å². The second kappa shape index (κ2) is 5.84. The number of aromatic nitrogens is 2. The largest absolute Gasteiger partial charge is 0.299 e. The number of benzene rings is 1. The van der Waals surface area contributed by atoms with Crippen LogP contribution in [0.25, 0.3) is 0 Å². The molecule has 3 rings (SSSR count). The van der Waals surface area contributed by atoms with E-state index in [1.165, 1.54) is 11.1 Å². The van der Waals surface area contributed by atoms with E-state index >= 15 is 0 Å². The van der Waals surface area contributed by atoms with E-state index in [0.29, 0.717) is 18.2 Å². The summed E-state index contributed by atoms with van der Waals surface area (Å²) in [7, 11) is 0. The molecule has 0 fully saturated rings. The lowest BCUT2D eigenvalue weighted by atomic mass is 9.97. The molecular formula is C18H22N2O. The average Bonchev–Trinajstić information content (AvgIpc) is 3.12. The van der Waals surface area contributed by atoms with E-state index in [9.17, 15) is 4.79 Å². The van der Waals surface area contributed by atoms with Crippen LogP contribution in [-0.2, 0) is 24.1 Å². The zero-order valence-electron chi connectivity index (χ0n) is 12.7. The summed E-state index contributed by atoms with van der Waals surface area (Å²) < 4.78 is 1.96. The summed E-state index contributed by atoms with van der Waals surface area (Å²) in [6.45, 7) is 4.29. The quantitative estimate of drug-likeness (QED) is 0.842. The van der Waals surface area contributed by atoms with E-state index in [4.69, 9.17) is 0 Å². The van der Waals surface area contributed by atoms with Crippen LogP contribution in [0.4, 0.5) is 0 Å². The summed E-state index contributed by atoms with van der Waals surface area (Å²) in [6, 6.07) is 10.8. The predicted octanol–water partition coefficient (Wildman–Crippen LogP) is 3.38. The number of rotatable bonds is 5. The first-order valence-electron chi connectivity index (χ1n) is 7.81. The minimum absolute atomic E-state index is 0.135. The molecule has 0 aliphatic heterocycles. The predicted molar refractivity (Wildman–Crippen MR) is 83.3 cm³/mol. The van der Waals surface area contributed by atoms with E-state index in [2.05, 4.69) is 43.2 Å². The molecule has 0 radical (unpaired) electrons. The standard InChI is InChI=1S/C18H22N2O/c1-3-13(2)20-9-8-17(19-20)12-18(21)16-10-14-6-4-5-7-15(14)11-16/h4-9,13,16H,3,10-12H2,1-2H3. The molecule has 1 unspecified atom stereocenters. The van der Waals surface area contributed by atoms with Crippen molar-refractivity contribution in [1.82, 2.24) is 9.78 Å². The monoisotopic (exact) mass is 282 g/mol. The van der Waals surface area contributed by atoms with Gasteiger partial charge in [0.25, 0.3) is 0 Å². The van der Waals surface area contributed by atoms with Crippen molar-refractivity contribution in [3.63, 3.8) is 0 Å². The minimum Gasteiger partial charge on any atom is -0.299 e. The van der Waals surface area contributed by atoms with E-state index in [1.54, 1.807) is 0 Å². The molecule has 1 aromatic heterocycles. The van der Waals surface area contributed by atoms with Gasteiger partial charge in [-0.3, -0.25) is 9.48 Å². The van der Waals surface area contributed by atoms with Gasteiger partial charge in [-0.25, -0.2) is 0 Å². The lowest BCUT2D eigenvalue weighted by molar-refractivity contribution is -0.122. The van der Waals surface area contributed by atoms with Crippen molar-refractivity contribution in [3.05, 3.63) is 53.3 Å². The van der Waals surface area contributed by atoms with E-state index in [1.807, 2.05) is 16.9 Å². The van der Waals surface area contributed by atoms with Crippen LogP contribution >= 0.6 is 0 Å². The van der Waals surface area contributed by atoms with Crippen molar-refractivity contribution in [1.29, 1.82) is 0 Å². The molecule has 0 N–H and O–H groups in total. The fraction of sp³-hybridized carbons (Fsp3) is 0.444. The Kier molecular flexibility index (Phi) is 3.91. The number of fused-ring (bicyclic) bond motifs is 1. The first-order chi connectivity index (χ1) is 10.2. The second-order valence-electron chi connectivity index (χ2n) is 6.06. The molecule has 3 nitrogen and oxygen atoms in total. The van der Waals surface area contributed by atoms with Crippen molar-refractivity contribution in [2.24, 2.45) is 5.92 Å². The van der Waals surface area contributed by atoms with E-state index in [-0.39, 0.29) is 5.92 Å². The SMILES string of the molecule is CCC(C)n1ccc(CC(=O)C2Cc3ccccc3C2)n1. The van der Waals surface area contributed by atoms with Gasteiger partial charge in [0.15, 0.2) is 0 Å². The first-order valence-corrected chi connectivity index (χ1v) is 7.81. The molecule has 110 valence electrons. The Morgan fingerprint density at radius 3 is 2.57 bits per heavy atom. The zero-order valence-corrected chi connectivity index (χ0v) is 12.7. The number of nitrogens with zero attached hydrogens (tertiary/aromatic N) is 2. The van der Waals surface area contributed by atoms with Gasteiger partial charge in [0.2, 0.25) is 0 Å². The summed E-state index contributed by atoms with van der Waals surface area (Å²) in [4.78, 5) is 12.5. The fourth-order valence-corrected chi connectivity index (χ4v) is 3.01. The molecule has 1 aromatic carbocycles. The topological polar surface area (TPSA) is 34.9 Å². The highest BCUT2D eigenvalue weighted by atomic mass is 16.1. The number of carbonyl (C=O) groups excluding carboxylic acids is 1. The van der Waals surface area contributed by atoms with Gasteiger partial charge >= 0.3 is 0 Å². The Labute approximate surface area is 126 Å². The molecule has 0 saturated heterocycles. The number of hydrogen-bond acceptors (Lipinski definition) is 2. The smallest absolute Gasteiger partial charge is 0.142 e. The normalized spacial score (nSPS) is 15.9. The van der Waals surface area contributed by atoms with Crippen LogP contribution < -0.4 is 0 Å². The lowest BCUT2D eigenvalue weighted by Crippen LogP contribution is -2.17. The molecule has 1 atom stereocenters. The van der Waals surface area contributed by atoms with Gasteiger partial charge in [0.1, 0.15) is 5.78 Å². The highest BCUT2D eigenvalue weighted by molar-refractivity contribution is 5.84. The van der Waals surface area contributed by atoms with Crippen molar-refractivity contribution in [2.75, 3.05) is 0 Å². The van der Waals surface area contributed by atoms with Crippen molar-refractivity contribution < 1.29 is 4.79 Å². The van der Waals surface area contributed by atoms with Crippen LogP contribution in [0, 0.1) is 5.92 Å². The number of ketones is 1. The molecular weight excluding hydrogens is 260 g/mol. The molecule has 2 aromatic rings. The molecule has 0 saturated carbocycles. The van der Waals surface area contributed by atoms with Gasteiger partial charge in [0.05, 0.1) is 12.1 Å². The summed E-state index contributed by atoms with van der Waals surface area (Å²) in [5.41, 5.74) is 3.57. The maximum absolute atomic E-state index is 12.5. The second-order valence-corrected chi connectivity index (χ2v) is 6.06. The maximum Gasteiger partial charge on any atom is 0.142 e. The van der Waals surface area contributed by atoms with Gasteiger partial charge in [-0.15, -0.1) is 0 Å². The summed E-state index contributed by atoms with van der Waals surface area (Å²) in [6.07, 6.45) is 5.28. The van der Waals surface area contributed by atoms with Gasteiger partial charge < -0.3 is 0 Å². The van der Waals surface area contributed by atoms with Crippen LogP contribution in [0.3, 0.4) is 0 Å². The third kappa shape index (κ3) is 2.92. The van der Waals surface area contributed by atoms with Crippen molar-refractivity contribution >= 4 is 5.78 Å². The van der Waals surface area contributed by atoms with Gasteiger partial charge in [-0.05, 0) is 43.4 Å². The molecule has 21 heavy (non-hydrogen) atoms. The van der Waals surface area contributed by atoms with Crippen LogP contribution in [0.15, 0.2) is 36.5 Å². The zero-order chi connectivity index (χ0) is 14.8. The van der Waals surface area contributed by atoms with Crippen molar-refractivity contribution in [2.45, 2.75) is 45.6 Å². The summed E-state index contributed by atoms with van der Waals surface area (Å²) in [5, 5.41) is 4.54. The molecule has 1 aliphatic rings.